The summed E-state index contributed by atoms with van der Waals surface area (Å²) in [6.07, 6.45) is 3.06. The lowest BCUT2D eigenvalue weighted by molar-refractivity contribution is -0.140. The molecule has 0 radical (unpaired) electrons. The smallest absolute Gasteiger partial charge is 0.226 e. The van der Waals surface area contributed by atoms with Crippen LogP contribution in [0.25, 0.3) is 0 Å². The first-order valence-electron chi connectivity index (χ1n) is 8.97. The molecule has 2 aliphatic heterocycles. The molecule has 1 atom stereocenters. The van der Waals surface area contributed by atoms with Crippen molar-refractivity contribution in [2.45, 2.75) is 32.2 Å². The van der Waals surface area contributed by atoms with E-state index in [1.807, 2.05) is 0 Å². The van der Waals surface area contributed by atoms with Crippen molar-refractivity contribution >= 4 is 30.7 Å². The van der Waals surface area contributed by atoms with E-state index in [1.165, 1.54) is 11.1 Å². The van der Waals surface area contributed by atoms with Crippen LogP contribution < -0.4 is 5.32 Å². The van der Waals surface area contributed by atoms with E-state index in [0.29, 0.717) is 5.91 Å². The van der Waals surface area contributed by atoms with Crippen LogP contribution in [-0.2, 0) is 11.2 Å². The van der Waals surface area contributed by atoms with E-state index in [-0.39, 0.29) is 36.8 Å². The summed E-state index contributed by atoms with van der Waals surface area (Å²) < 4.78 is 0. The van der Waals surface area contributed by atoms with E-state index in [0.717, 1.165) is 52.0 Å². The van der Waals surface area contributed by atoms with Gasteiger partial charge in [0.2, 0.25) is 5.91 Å². The number of likely N-dealkylation sites (tertiary alicyclic amines) is 1. The number of benzene rings is 1. The van der Waals surface area contributed by atoms with Crippen molar-refractivity contribution < 1.29 is 4.79 Å². The van der Waals surface area contributed by atoms with Gasteiger partial charge in [0.15, 0.2) is 0 Å². The lowest BCUT2D eigenvalue weighted by Crippen LogP contribution is -2.51. The Morgan fingerprint density at radius 2 is 1.76 bits per heavy atom. The van der Waals surface area contributed by atoms with Crippen LogP contribution >= 0.6 is 24.8 Å². The summed E-state index contributed by atoms with van der Waals surface area (Å²) >= 11 is 0. The zero-order valence-electron chi connectivity index (χ0n) is 15.2. The quantitative estimate of drug-likeness (QED) is 0.865. The third-order valence-electron chi connectivity index (χ3n) is 5.37. The van der Waals surface area contributed by atoms with Crippen molar-refractivity contribution in [3.05, 3.63) is 35.4 Å². The van der Waals surface area contributed by atoms with Gasteiger partial charge in [-0.3, -0.25) is 4.79 Å². The monoisotopic (exact) mass is 387 g/mol. The summed E-state index contributed by atoms with van der Waals surface area (Å²) in [5.41, 5.74) is 2.61. The lowest BCUT2D eigenvalue weighted by Gasteiger charge is -2.40. The van der Waals surface area contributed by atoms with Crippen LogP contribution in [0.1, 0.15) is 36.9 Å². The highest BCUT2D eigenvalue weighted by atomic mass is 35.5. The van der Waals surface area contributed by atoms with Crippen LogP contribution in [-0.4, -0.2) is 55.5 Å². The molecule has 4 nitrogen and oxygen atoms in total. The van der Waals surface area contributed by atoms with Gasteiger partial charge in [0, 0.05) is 25.6 Å². The number of piperidine rings is 1. The number of carbonyl (C=O) groups is 1. The maximum absolute atomic E-state index is 13.0. The predicted octanol–water partition coefficient (Wildman–Crippen LogP) is 2.91. The van der Waals surface area contributed by atoms with Crippen molar-refractivity contribution in [1.29, 1.82) is 0 Å². The first-order valence-corrected chi connectivity index (χ1v) is 8.97. The van der Waals surface area contributed by atoms with Crippen molar-refractivity contribution in [3.8, 4) is 0 Å². The van der Waals surface area contributed by atoms with Gasteiger partial charge in [0.1, 0.15) is 0 Å². The van der Waals surface area contributed by atoms with Crippen LogP contribution in [0, 0.1) is 5.92 Å². The number of hydrogen-bond acceptors (Lipinski definition) is 3. The van der Waals surface area contributed by atoms with Gasteiger partial charge in [0.05, 0.1) is 6.04 Å². The molecule has 0 aromatic heterocycles. The molecule has 1 aromatic rings. The van der Waals surface area contributed by atoms with Gasteiger partial charge < -0.3 is 15.1 Å². The van der Waals surface area contributed by atoms with E-state index in [9.17, 15) is 4.79 Å². The number of halogens is 2. The third kappa shape index (κ3) is 5.33. The topological polar surface area (TPSA) is 35.6 Å². The molecule has 1 amide bonds. The first kappa shape index (κ1) is 22.2. The van der Waals surface area contributed by atoms with Crippen LogP contribution in [0.5, 0.6) is 0 Å². The predicted molar refractivity (Wildman–Crippen MR) is 108 cm³/mol. The van der Waals surface area contributed by atoms with Gasteiger partial charge in [-0.1, -0.05) is 31.2 Å². The molecule has 142 valence electrons. The summed E-state index contributed by atoms with van der Waals surface area (Å²) in [5, 5.41) is 3.45. The second kappa shape index (κ2) is 10.4. The van der Waals surface area contributed by atoms with E-state index in [4.69, 9.17) is 0 Å². The number of nitrogens with zero attached hydrogens (tertiary/aromatic N) is 2. The number of amides is 1. The maximum Gasteiger partial charge on any atom is 0.226 e. The highest BCUT2D eigenvalue weighted by Gasteiger charge is 2.33. The molecule has 0 saturated carbocycles. The molecule has 1 unspecified atom stereocenters. The van der Waals surface area contributed by atoms with E-state index in [1.54, 1.807) is 0 Å². The molecule has 2 saturated heterocycles. The highest BCUT2D eigenvalue weighted by molar-refractivity contribution is 5.85. The molecule has 2 heterocycles. The summed E-state index contributed by atoms with van der Waals surface area (Å²) in [5.74, 6) is 0.575. The normalized spacial score (nSPS) is 22.0. The molecule has 6 heteroatoms. The van der Waals surface area contributed by atoms with Crippen molar-refractivity contribution in [2.75, 3.05) is 39.8 Å². The van der Waals surface area contributed by atoms with Gasteiger partial charge in [0.25, 0.3) is 0 Å². The van der Waals surface area contributed by atoms with Gasteiger partial charge >= 0.3 is 0 Å². The van der Waals surface area contributed by atoms with Crippen LogP contribution in [0.3, 0.4) is 0 Å². The molecular formula is C19H31Cl2N3O. The number of aryl methyl sites for hydroxylation is 1. The Bertz CT molecular complexity index is 530. The van der Waals surface area contributed by atoms with Crippen molar-refractivity contribution in [2.24, 2.45) is 5.92 Å². The molecule has 1 N–H and O–H groups in total. The zero-order valence-corrected chi connectivity index (χ0v) is 16.9. The van der Waals surface area contributed by atoms with E-state index >= 15 is 0 Å². The molecule has 2 fully saturated rings. The number of nitrogens with one attached hydrogen (secondary N) is 1. The van der Waals surface area contributed by atoms with Gasteiger partial charge in [-0.15, -0.1) is 24.8 Å². The highest BCUT2D eigenvalue weighted by Crippen LogP contribution is 2.27. The molecule has 2 aliphatic rings. The number of hydrogen-bond donors (Lipinski definition) is 1. The molecular weight excluding hydrogens is 357 g/mol. The van der Waals surface area contributed by atoms with Gasteiger partial charge in [-0.05, 0) is 50.5 Å². The largest absolute Gasteiger partial charge is 0.333 e. The fourth-order valence-electron chi connectivity index (χ4n) is 3.73. The van der Waals surface area contributed by atoms with Crippen LogP contribution in [0.2, 0.25) is 0 Å². The van der Waals surface area contributed by atoms with E-state index in [2.05, 4.69) is 53.4 Å². The number of piperazine rings is 1. The second-order valence-corrected chi connectivity index (χ2v) is 6.92. The molecule has 0 spiro atoms. The molecule has 1 aromatic carbocycles. The zero-order chi connectivity index (χ0) is 16.2. The fraction of sp³-hybridized carbons (Fsp3) is 0.632. The van der Waals surface area contributed by atoms with E-state index < -0.39 is 0 Å². The number of rotatable bonds is 3. The Kier molecular flexibility index (Phi) is 9.22. The first-order chi connectivity index (χ1) is 11.2. The summed E-state index contributed by atoms with van der Waals surface area (Å²) in [6.45, 7) is 6.85. The minimum Gasteiger partial charge on any atom is -0.333 e. The second-order valence-electron chi connectivity index (χ2n) is 6.92. The molecule has 3 rings (SSSR count). The average molecular weight is 388 g/mol. The Labute approximate surface area is 164 Å². The molecule has 25 heavy (non-hydrogen) atoms. The third-order valence-corrected chi connectivity index (χ3v) is 5.37. The molecule has 0 aliphatic carbocycles. The maximum atomic E-state index is 13.0. The SMILES string of the molecule is CCc1ccc(C2CNCCN2C(=O)C2CCN(C)CC2)cc1.Cl.Cl. The summed E-state index contributed by atoms with van der Waals surface area (Å²) in [7, 11) is 2.14. The molecule has 0 bridgehead atoms. The van der Waals surface area contributed by atoms with Crippen LogP contribution in [0.4, 0.5) is 0 Å². The summed E-state index contributed by atoms with van der Waals surface area (Å²) in [6, 6.07) is 8.98. The summed E-state index contributed by atoms with van der Waals surface area (Å²) in [4.78, 5) is 17.5. The number of carbonyl (C=O) groups excluding carboxylic acids is 1. The van der Waals surface area contributed by atoms with Crippen LogP contribution in [0.15, 0.2) is 24.3 Å². The van der Waals surface area contributed by atoms with Gasteiger partial charge in [-0.2, -0.15) is 0 Å². The average Bonchev–Trinajstić information content (AvgIpc) is 2.62. The minimum atomic E-state index is 0. The Morgan fingerprint density at radius 3 is 2.36 bits per heavy atom. The fourth-order valence-corrected chi connectivity index (χ4v) is 3.73. The Morgan fingerprint density at radius 1 is 1.12 bits per heavy atom. The Hall–Kier alpha value is -0.810. The van der Waals surface area contributed by atoms with Crippen molar-refractivity contribution in [3.63, 3.8) is 0 Å². The standard InChI is InChI=1S/C19H29N3O.2ClH/c1-3-15-4-6-16(7-5-15)18-14-20-10-13-22(18)19(23)17-8-11-21(2)12-9-17;;/h4-7,17-18,20H,3,8-14H2,1-2H3;2*1H. The minimum absolute atomic E-state index is 0. The lowest BCUT2D eigenvalue weighted by atomic mass is 9.93. The van der Waals surface area contributed by atoms with Crippen molar-refractivity contribution in [1.82, 2.24) is 15.1 Å². The van der Waals surface area contributed by atoms with Gasteiger partial charge in [-0.25, -0.2) is 0 Å². The Balaban J connectivity index is 0.00000156.